The smallest absolute Gasteiger partial charge is 0.316 e. The Bertz CT molecular complexity index is 410. The summed E-state index contributed by atoms with van der Waals surface area (Å²) in [5.41, 5.74) is 0.591. The van der Waals surface area contributed by atoms with Gasteiger partial charge in [0.05, 0.1) is 12.0 Å². The molecule has 1 N–H and O–H groups in total. The highest BCUT2D eigenvalue weighted by molar-refractivity contribution is 9.10. The summed E-state index contributed by atoms with van der Waals surface area (Å²) in [4.78, 5) is 12.3. The maximum absolute atomic E-state index is 12.3. The van der Waals surface area contributed by atoms with Gasteiger partial charge in [0.15, 0.2) is 0 Å². The molecule has 3 nitrogen and oxygen atoms in total. The second-order valence-corrected chi connectivity index (χ2v) is 5.48. The van der Waals surface area contributed by atoms with Gasteiger partial charge in [-0.3, -0.25) is 4.79 Å². The van der Waals surface area contributed by atoms with Crippen molar-refractivity contribution in [2.75, 3.05) is 19.7 Å². The minimum atomic E-state index is -0.470. The lowest BCUT2D eigenvalue weighted by Crippen LogP contribution is -2.46. The van der Waals surface area contributed by atoms with Crippen molar-refractivity contribution in [1.82, 2.24) is 5.32 Å². The van der Waals surface area contributed by atoms with Gasteiger partial charge < -0.3 is 10.1 Å². The van der Waals surface area contributed by atoms with Crippen LogP contribution in [0.5, 0.6) is 0 Å². The van der Waals surface area contributed by atoms with Crippen molar-refractivity contribution >= 4 is 21.9 Å². The number of carbonyl (C=O) groups excluding carboxylic acids is 1. The van der Waals surface area contributed by atoms with Gasteiger partial charge in [0.1, 0.15) is 0 Å². The Morgan fingerprint density at radius 3 is 2.50 bits per heavy atom. The van der Waals surface area contributed by atoms with Crippen LogP contribution in [0.1, 0.15) is 25.3 Å². The van der Waals surface area contributed by atoms with Crippen molar-refractivity contribution in [3.8, 4) is 0 Å². The molecule has 0 atom stereocenters. The van der Waals surface area contributed by atoms with Crippen molar-refractivity contribution < 1.29 is 9.53 Å². The first-order valence-electron chi connectivity index (χ1n) is 6.33. The van der Waals surface area contributed by atoms with Crippen molar-refractivity contribution in [1.29, 1.82) is 0 Å². The molecule has 1 heterocycles. The molecule has 1 saturated heterocycles. The van der Waals surface area contributed by atoms with Gasteiger partial charge in [-0.25, -0.2) is 0 Å². The van der Waals surface area contributed by atoms with Crippen molar-refractivity contribution in [3.05, 3.63) is 34.3 Å². The van der Waals surface area contributed by atoms with Crippen LogP contribution in [0.2, 0.25) is 0 Å². The number of esters is 1. The number of nitrogens with one attached hydrogen (secondary N) is 1. The average Bonchev–Trinajstić information content (AvgIpc) is 2.40. The zero-order chi connectivity index (χ0) is 13.0. The summed E-state index contributed by atoms with van der Waals surface area (Å²) in [7, 11) is 0. The van der Waals surface area contributed by atoms with Gasteiger partial charge in [-0.2, -0.15) is 0 Å². The van der Waals surface area contributed by atoms with Crippen molar-refractivity contribution in [2.45, 2.75) is 25.2 Å². The summed E-state index contributed by atoms with van der Waals surface area (Å²) in [6.45, 7) is 4.00. The number of benzene rings is 1. The van der Waals surface area contributed by atoms with Crippen LogP contribution in [-0.2, 0) is 14.9 Å². The van der Waals surface area contributed by atoms with Crippen LogP contribution in [0.15, 0.2) is 28.7 Å². The maximum Gasteiger partial charge on any atom is 0.316 e. The molecular formula is C14H18BrNO2. The number of ether oxygens (including phenoxy) is 1. The van der Waals surface area contributed by atoms with Gasteiger partial charge in [0.2, 0.25) is 0 Å². The normalized spacial score (nSPS) is 18.3. The highest BCUT2D eigenvalue weighted by Crippen LogP contribution is 2.35. The second-order valence-electron chi connectivity index (χ2n) is 4.56. The van der Waals surface area contributed by atoms with E-state index < -0.39 is 5.41 Å². The van der Waals surface area contributed by atoms with Gasteiger partial charge in [0.25, 0.3) is 0 Å². The molecule has 1 aromatic carbocycles. The Balaban J connectivity index is 2.34. The molecule has 18 heavy (non-hydrogen) atoms. The third kappa shape index (κ3) is 2.59. The summed E-state index contributed by atoms with van der Waals surface area (Å²) >= 11 is 3.43. The van der Waals surface area contributed by atoms with E-state index in [9.17, 15) is 4.79 Å². The van der Waals surface area contributed by atoms with Crippen LogP contribution < -0.4 is 5.32 Å². The highest BCUT2D eigenvalue weighted by atomic mass is 79.9. The molecule has 0 bridgehead atoms. The quantitative estimate of drug-likeness (QED) is 0.872. The SMILES string of the molecule is CCOC(=O)C1(c2ccc(Br)cc2)CCNCC1. The van der Waals surface area contributed by atoms with Gasteiger partial charge in [-0.1, -0.05) is 28.1 Å². The minimum absolute atomic E-state index is 0.0891. The molecule has 0 radical (unpaired) electrons. The van der Waals surface area contributed by atoms with Crippen LogP contribution in [0.3, 0.4) is 0 Å². The fraction of sp³-hybridized carbons (Fsp3) is 0.500. The summed E-state index contributed by atoms with van der Waals surface area (Å²) in [5.74, 6) is -0.0891. The van der Waals surface area contributed by atoms with E-state index >= 15 is 0 Å². The molecule has 4 heteroatoms. The molecule has 1 aromatic rings. The van der Waals surface area contributed by atoms with E-state index in [1.807, 2.05) is 31.2 Å². The van der Waals surface area contributed by atoms with E-state index in [4.69, 9.17) is 4.74 Å². The predicted molar refractivity (Wildman–Crippen MR) is 74.6 cm³/mol. The summed E-state index contributed by atoms with van der Waals surface area (Å²) in [6.07, 6.45) is 1.60. The molecule has 0 saturated carbocycles. The molecule has 0 aromatic heterocycles. The molecule has 0 amide bonds. The van der Waals surface area contributed by atoms with Crippen LogP contribution in [0.4, 0.5) is 0 Å². The Hall–Kier alpha value is -0.870. The Morgan fingerprint density at radius 1 is 1.33 bits per heavy atom. The third-order valence-electron chi connectivity index (χ3n) is 3.52. The van der Waals surface area contributed by atoms with E-state index in [2.05, 4.69) is 21.2 Å². The van der Waals surface area contributed by atoms with Crippen LogP contribution in [-0.4, -0.2) is 25.7 Å². The molecule has 2 rings (SSSR count). The first-order chi connectivity index (χ1) is 8.69. The zero-order valence-corrected chi connectivity index (χ0v) is 12.1. The number of hydrogen-bond acceptors (Lipinski definition) is 3. The summed E-state index contributed by atoms with van der Waals surface area (Å²) in [6, 6.07) is 8.01. The molecule has 0 spiro atoms. The fourth-order valence-corrected chi connectivity index (χ4v) is 2.77. The van der Waals surface area contributed by atoms with Crippen molar-refractivity contribution in [2.24, 2.45) is 0 Å². The topological polar surface area (TPSA) is 38.3 Å². The average molecular weight is 312 g/mol. The third-order valence-corrected chi connectivity index (χ3v) is 4.05. The molecule has 0 aliphatic carbocycles. The van der Waals surface area contributed by atoms with E-state index in [-0.39, 0.29) is 5.97 Å². The lowest BCUT2D eigenvalue weighted by Gasteiger charge is -2.35. The molecule has 98 valence electrons. The Kier molecular flexibility index (Phi) is 4.40. The maximum atomic E-state index is 12.3. The lowest BCUT2D eigenvalue weighted by atomic mass is 9.73. The molecule has 1 aliphatic heterocycles. The van der Waals surface area contributed by atoms with E-state index in [0.29, 0.717) is 6.61 Å². The number of rotatable bonds is 3. The van der Waals surface area contributed by atoms with Gasteiger partial charge in [-0.05, 0) is 50.6 Å². The number of piperidine rings is 1. The first kappa shape index (κ1) is 13.6. The van der Waals surface area contributed by atoms with E-state index in [0.717, 1.165) is 36.0 Å². The summed E-state index contributed by atoms with van der Waals surface area (Å²) in [5, 5.41) is 3.30. The second kappa shape index (κ2) is 5.85. The molecule has 1 fully saturated rings. The van der Waals surface area contributed by atoms with Gasteiger partial charge in [0, 0.05) is 4.47 Å². The van der Waals surface area contributed by atoms with Crippen LogP contribution in [0.25, 0.3) is 0 Å². The summed E-state index contributed by atoms with van der Waals surface area (Å²) < 4.78 is 6.32. The van der Waals surface area contributed by atoms with Crippen LogP contribution >= 0.6 is 15.9 Å². The highest BCUT2D eigenvalue weighted by Gasteiger charge is 2.42. The standard InChI is InChI=1S/C14H18BrNO2/c1-2-18-13(17)14(7-9-16-10-8-14)11-3-5-12(15)6-4-11/h3-6,16H,2,7-10H2,1H3. The first-order valence-corrected chi connectivity index (χ1v) is 7.12. The van der Waals surface area contributed by atoms with E-state index in [1.54, 1.807) is 0 Å². The fourth-order valence-electron chi connectivity index (χ4n) is 2.50. The van der Waals surface area contributed by atoms with E-state index in [1.165, 1.54) is 0 Å². The van der Waals surface area contributed by atoms with Gasteiger partial charge >= 0.3 is 5.97 Å². The predicted octanol–water partition coefficient (Wildman–Crippen LogP) is 2.63. The number of halogens is 1. The van der Waals surface area contributed by atoms with Crippen molar-refractivity contribution in [3.63, 3.8) is 0 Å². The minimum Gasteiger partial charge on any atom is -0.465 e. The monoisotopic (exact) mass is 311 g/mol. The molecule has 1 aliphatic rings. The molecule has 0 unspecified atom stereocenters. The lowest BCUT2D eigenvalue weighted by molar-refractivity contribution is -0.151. The van der Waals surface area contributed by atoms with Gasteiger partial charge in [-0.15, -0.1) is 0 Å². The largest absolute Gasteiger partial charge is 0.465 e. The number of carbonyl (C=O) groups is 1. The molecular weight excluding hydrogens is 294 g/mol. The Labute approximate surface area is 116 Å². The zero-order valence-electron chi connectivity index (χ0n) is 10.5. The van der Waals surface area contributed by atoms with Crippen LogP contribution in [0, 0.1) is 0 Å². The number of hydrogen-bond donors (Lipinski definition) is 1. The Morgan fingerprint density at radius 2 is 1.94 bits per heavy atom.